The fraction of sp³-hybridized carbons (Fsp3) is 0.0370. The molecule has 0 nitrogen and oxygen atoms in total. The Hall–Kier alpha value is -2.58. The van der Waals surface area contributed by atoms with E-state index in [9.17, 15) is 0 Å². The molecule has 1 atom stereocenters. The molecule has 28 heavy (non-hydrogen) atoms. The van der Waals surface area contributed by atoms with Crippen molar-refractivity contribution in [2.75, 3.05) is 0 Å². The van der Waals surface area contributed by atoms with E-state index in [0.717, 1.165) is 0 Å². The zero-order chi connectivity index (χ0) is 19.2. The average molecular weight is 467 g/mol. The van der Waals surface area contributed by atoms with Gasteiger partial charge < -0.3 is 0 Å². The summed E-state index contributed by atoms with van der Waals surface area (Å²) in [5.41, 5.74) is 1.35. The van der Waals surface area contributed by atoms with E-state index in [4.69, 9.17) is 0 Å². The molecule has 4 rings (SSSR count). The first kappa shape index (κ1) is 18.8. The summed E-state index contributed by atoms with van der Waals surface area (Å²) in [6.45, 7) is 4.33. The molecule has 0 amide bonds. The Morgan fingerprint density at radius 3 is 1.14 bits per heavy atom. The molecule has 0 fully saturated rings. The molecular formula is C27H24Sn. The minimum absolute atomic E-state index is 0.294. The molecule has 0 saturated carbocycles. The van der Waals surface area contributed by atoms with Crippen LogP contribution in [0.2, 0.25) is 0 Å². The maximum absolute atomic E-state index is 4.33. The molecular weight excluding hydrogens is 443 g/mol. The van der Waals surface area contributed by atoms with Crippen LogP contribution in [0.3, 0.4) is 0 Å². The van der Waals surface area contributed by atoms with Crippen LogP contribution in [0.25, 0.3) is 0 Å². The van der Waals surface area contributed by atoms with E-state index in [2.05, 4.69) is 134 Å². The molecule has 1 unspecified atom stereocenters. The molecule has 4 aromatic carbocycles. The normalized spacial score (nSPS) is 12.3. The first-order valence-electron chi connectivity index (χ1n) is 9.71. The first-order chi connectivity index (χ1) is 13.9. The molecule has 0 aliphatic heterocycles. The van der Waals surface area contributed by atoms with Gasteiger partial charge in [0.2, 0.25) is 0 Å². The molecule has 0 aliphatic rings. The van der Waals surface area contributed by atoms with E-state index in [-0.39, 0.29) is 0 Å². The van der Waals surface area contributed by atoms with Crippen LogP contribution in [0.1, 0.15) is 9.50 Å². The Morgan fingerprint density at radius 2 is 0.821 bits per heavy atom. The van der Waals surface area contributed by atoms with Crippen molar-refractivity contribution in [1.29, 1.82) is 0 Å². The number of hydrogen-bond acceptors (Lipinski definition) is 0. The Balaban J connectivity index is 2.11. The van der Waals surface area contributed by atoms with Crippen LogP contribution in [0.4, 0.5) is 0 Å². The fourth-order valence-electron chi connectivity index (χ4n) is 4.37. The van der Waals surface area contributed by atoms with Gasteiger partial charge in [-0.15, -0.1) is 0 Å². The van der Waals surface area contributed by atoms with Crippen molar-refractivity contribution in [2.24, 2.45) is 0 Å². The van der Waals surface area contributed by atoms with E-state index in [1.54, 1.807) is 0 Å². The van der Waals surface area contributed by atoms with Gasteiger partial charge in [-0.05, 0) is 0 Å². The van der Waals surface area contributed by atoms with Gasteiger partial charge in [-0.3, -0.25) is 0 Å². The van der Waals surface area contributed by atoms with Gasteiger partial charge in [-0.2, -0.15) is 0 Å². The molecule has 1 heteroatoms. The molecule has 0 saturated heterocycles. The van der Waals surface area contributed by atoms with Crippen molar-refractivity contribution in [3.8, 4) is 0 Å². The standard InChI is InChI=1S/C9H9.3C6H5.Sn/c1-2-6-9-7-4-3-5-8-9;3*1-2-4-6-5-3-1;/h2-8H,1H2;3*1-5H;. The second-order valence-corrected chi connectivity index (χ2v) is 18.4. The Bertz CT molecular complexity index is 912. The maximum atomic E-state index is 4.33. The zero-order valence-electron chi connectivity index (χ0n) is 15.9. The molecule has 0 N–H and O–H groups in total. The van der Waals surface area contributed by atoms with Crippen LogP contribution in [-0.2, 0) is 0 Å². The van der Waals surface area contributed by atoms with Gasteiger partial charge >= 0.3 is 173 Å². The Morgan fingerprint density at radius 1 is 0.500 bits per heavy atom. The predicted octanol–water partition coefficient (Wildman–Crippen LogP) is 4.67. The SMILES string of the molecule is C=C[CH](c1ccccc1)[Sn]([c]1ccccc1)([c]1ccccc1)[c]1ccccc1. The first-order valence-corrected chi connectivity index (χ1v) is 15.6. The third kappa shape index (κ3) is 3.33. The summed E-state index contributed by atoms with van der Waals surface area (Å²) in [7, 11) is 0. The van der Waals surface area contributed by atoms with Crippen molar-refractivity contribution >= 4 is 29.1 Å². The van der Waals surface area contributed by atoms with Crippen molar-refractivity contribution in [3.63, 3.8) is 0 Å². The summed E-state index contributed by atoms with van der Waals surface area (Å²) in [6.07, 6.45) is 2.19. The topological polar surface area (TPSA) is 0 Å². The Labute approximate surface area is 172 Å². The molecule has 136 valence electrons. The van der Waals surface area contributed by atoms with Crippen molar-refractivity contribution in [1.82, 2.24) is 0 Å². The second kappa shape index (κ2) is 8.62. The van der Waals surface area contributed by atoms with Gasteiger partial charge in [0.05, 0.1) is 0 Å². The van der Waals surface area contributed by atoms with E-state index >= 15 is 0 Å². The van der Waals surface area contributed by atoms with Crippen LogP contribution < -0.4 is 10.7 Å². The summed E-state index contributed by atoms with van der Waals surface area (Å²) < 4.78 is 4.72. The molecule has 0 radical (unpaired) electrons. The van der Waals surface area contributed by atoms with E-state index < -0.39 is 18.4 Å². The average Bonchev–Trinajstić information content (AvgIpc) is 2.80. The van der Waals surface area contributed by atoms with Crippen molar-refractivity contribution in [2.45, 2.75) is 3.93 Å². The predicted molar refractivity (Wildman–Crippen MR) is 123 cm³/mol. The van der Waals surface area contributed by atoms with Gasteiger partial charge in [0.25, 0.3) is 0 Å². The van der Waals surface area contributed by atoms with E-state index in [0.29, 0.717) is 3.93 Å². The van der Waals surface area contributed by atoms with E-state index in [1.807, 2.05) is 0 Å². The van der Waals surface area contributed by atoms with Crippen LogP contribution in [0.15, 0.2) is 134 Å². The van der Waals surface area contributed by atoms with Crippen LogP contribution in [0.5, 0.6) is 0 Å². The van der Waals surface area contributed by atoms with Gasteiger partial charge in [0, 0.05) is 0 Å². The summed E-state index contributed by atoms with van der Waals surface area (Å²) in [4.78, 5) is 0. The summed E-state index contributed by atoms with van der Waals surface area (Å²) in [6, 6.07) is 44.3. The van der Waals surface area contributed by atoms with Gasteiger partial charge in [-0.25, -0.2) is 0 Å². The summed E-state index contributed by atoms with van der Waals surface area (Å²) in [5.74, 6) is 0. The Kier molecular flexibility index (Phi) is 5.78. The summed E-state index contributed by atoms with van der Waals surface area (Å²) >= 11 is -3.46. The van der Waals surface area contributed by atoms with Gasteiger partial charge in [0.1, 0.15) is 0 Å². The number of allylic oxidation sites excluding steroid dienone is 1. The minimum atomic E-state index is -3.46. The van der Waals surface area contributed by atoms with Gasteiger partial charge in [-0.1, -0.05) is 0 Å². The molecule has 0 bridgehead atoms. The van der Waals surface area contributed by atoms with Crippen molar-refractivity contribution in [3.05, 3.63) is 140 Å². The molecule has 0 aromatic heterocycles. The quantitative estimate of drug-likeness (QED) is 0.286. The third-order valence-electron chi connectivity index (χ3n) is 5.55. The molecule has 0 aliphatic carbocycles. The van der Waals surface area contributed by atoms with Gasteiger partial charge in [0.15, 0.2) is 0 Å². The summed E-state index contributed by atoms with van der Waals surface area (Å²) in [5, 5.41) is 0. The monoisotopic (exact) mass is 468 g/mol. The number of benzene rings is 4. The second-order valence-electron chi connectivity index (χ2n) is 7.03. The van der Waals surface area contributed by atoms with E-state index in [1.165, 1.54) is 16.3 Å². The number of hydrogen-bond donors (Lipinski definition) is 0. The van der Waals surface area contributed by atoms with Crippen molar-refractivity contribution < 1.29 is 0 Å². The third-order valence-corrected chi connectivity index (χ3v) is 20.5. The number of rotatable bonds is 6. The fourth-order valence-corrected chi connectivity index (χ4v) is 19.4. The molecule has 0 spiro atoms. The van der Waals surface area contributed by atoms with Crippen LogP contribution in [0, 0.1) is 0 Å². The molecule has 4 aromatic rings. The molecule has 0 heterocycles. The van der Waals surface area contributed by atoms with Crippen LogP contribution in [-0.4, -0.2) is 18.4 Å². The van der Waals surface area contributed by atoms with Crippen LogP contribution >= 0.6 is 0 Å². The zero-order valence-corrected chi connectivity index (χ0v) is 18.8.